The molecule has 2 aromatic rings. The molecule has 2 aliphatic rings. The molecule has 158 valence electrons. The number of hydrogen-bond donors (Lipinski definition) is 2. The van der Waals surface area contributed by atoms with E-state index >= 15 is 0 Å². The molecule has 1 aromatic carbocycles. The van der Waals surface area contributed by atoms with Gasteiger partial charge in [-0.2, -0.15) is 5.26 Å². The molecule has 0 bridgehead atoms. The molecule has 0 saturated heterocycles. The first kappa shape index (κ1) is 20.9. The quantitative estimate of drug-likeness (QED) is 0.551. The third kappa shape index (κ3) is 3.53. The maximum atomic E-state index is 12.8. The summed E-state index contributed by atoms with van der Waals surface area (Å²) < 4.78 is 5.23. The van der Waals surface area contributed by atoms with Crippen molar-refractivity contribution in [2.45, 2.75) is 25.7 Å². The van der Waals surface area contributed by atoms with Gasteiger partial charge in [-0.3, -0.25) is 9.59 Å². The van der Waals surface area contributed by atoms with Gasteiger partial charge in [0.1, 0.15) is 17.0 Å². The molecule has 1 amide bonds. The van der Waals surface area contributed by atoms with E-state index in [4.69, 9.17) is 15.9 Å². The second-order valence-corrected chi connectivity index (χ2v) is 8.71. The number of nitrogens with zero attached hydrogens (tertiary/aromatic N) is 2. The highest BCUT2D eigenvalue weighted by molar-refractivity contribution is 8.14. The van der Waals surface area contributed by atoms with Gasteiger partial charge in [-0.25, -0.2) is 9.79 Å². The number of hydrogen-bond acceptors (Lipinski definition) is 8. The van der Waals surface area contributed by atoms with Crippen LogP contribution in [0, 0.1) is 22.7 Å². The molecular formula is C22H20N4O4S. The number of carbonyl (C=O) groups excluding carboxylic acids is 2. The Bertz CT molecular complexity index is 1250. The standard InChI is InChI=1S/C22H20N4O4S/c23-10-14-18(24)26-20(17(19(25)28)22(14)7-3-4-8-22)31-11-15(27)13-9-12-5-1-2-6-16(12)30-21(13)29/h1-2,5-6,9,17H,3-4,7-8,11,24H2,(H2,25,28). The third-order valence-corrected chi connectivity index (χ3v) is 7.00. The van der Waals surface area contributed by atoms with E-state index in [9.17, 15) is 19.6 Å². The minimum atomic E-state index is -0.831. The number of rotatable bonds is 4. The van der Waals surface area contributed by atoms with Crippen LogP contribution >= 0.6 is 11.8 Å². The lowest BCUT2D eigenvalue weighted by molar-refractivity contribution is -0.122. The average molecular weight is 436 g/mol. The van der Waals surface area contributed by atoms with E-state index in [-0.39, 0.29) is 17.1 Å². The highest BCUT2D eigenvalue weighted by Crippen LogP contribution is 2.53. The zero-order chi connectivity index (χ0) is 22.2. The van der Waals surface area contributed by atoms with Crippen LogP contribution in [0.25, 0.3) is 11.0 Å². The average Bonchev–Trinajstić information content (AvgIpc) is 3.20. The number of nitriles is 1. The van der Waals surface area contributed by atoms with Gasteiger partial charge in [0.05, 0.1) is 28.4 Å². The first-order valence-electron chi connectivity index (χ1n) is 9.84. The number of thioether (sulfide) groups is 1. The molecule has 1 spiro atoms. The smallest absolute Gasteiger partial charge is 0.347 e. The number of para-hydroxylation sites is 1. The van der Waals surface area contributed by atoms with E-state index in [1.807, 2.05) is 0 Å². The van der Waals surface area contributed by atoms with Crippen LogP contribution in [0.2, 0.25) is 0 Å². The minimum Gasteiger partial charge on any atom is -0.422 e. The van der Waals surface area contributed by atoms with Crippen LogP contribution in [0.3, 0.4) is 0 Å². The van der Waals surface area contributed by atoms with Crippen molar-refractivity contribution in [3.8, 4) is 6.07 Å². The number of nitrogens with two attached hydrogens (primary N) is 2. The van der Waals surface area contributed by atoms with Gasteiger partial charge in [-0.05, 0) is 25.0 Å². The molecule has 1 atom stereocenters. The zero-order valence-electron chi connectivity index (χ0n) is 16.6. The van der Waals surface area contributed by atoms with Gasteiger partial charge in [0, 0.05) is 10.8 Å². The first-order chi connectivity index (χ1) is 14.9. The summed E-state index contributed by atoms with van der Waals surface area (Å²) in [5, 5.41) is 10.6. The number of allylic oxidation sites excluding steroid dienone is 1. The van der Waals surface area contributed by atoms with Crippen LogP contribution in [0.15, 0.2) is 55.9 Å². The van der Waals surface area contributed by atoms with Crippen molar-refractivity contribution < 1.29 is 14.0 Å². The number of amides is 1. The maximum absolute atomic E-state index is 12.8. The summed E-state index contributed by atoms with van der Waals surface area (Å²) in [5.41, 5.74) is 10.9. The van der Waals surface area contributed by atoms with Gasteiger partial charge < -0.3 is 15.9 Å². The molecule has 8 nitrogen and oxygen atoms in total. The van der Waals surface area contributed by atoms with E-state index in [1.54, 1.807) is 24.3 Å². The molecule has 4 N–H and O–H groups in total. The van der Waals surface area contributed by atoms with Crippen molar-refractivity contribution in [2.75, 3.05) is 5.75 Å². The summed E-state index contributed by atoms with van der Waals surface area (Å²) in [6.07, 6.45) is 2.90. The fourth-order valence-corrected chi connectivity index (χ4v) is 5.68. The topological polar surface area (TPSA) is 153 Å². The number of benzene rings is 1. The van der Waals surface area contributed by atoms with Crippen LogP contribution in [0.5, 0.6) is 0 Å². The van der Waals surface area contributed by atoms with E-state index in [2.05, 4.69) is 11.1 Å². The number of aliphatic imine (C=N–C) groups is 1. The predicted octanol–water partition coefficient (Wildman–Crippen LogP) is 2.48. The Balaban J connectivity index is 1.64. The van der Waals surface area contributed by atoms with E-state index in [0.29, 0.717) is 34.4 Å². The van der Waals surface area contributed by atoms with Crippen molar-refractivity contribution in [2.24, 2.45) is 27.8 Å². The molecule has 1 aromatic heterocycles. The second-order valence-electron chi connectivity index (χ2n) is 7.72. The number of carbonyl (C=O) groups is 2. The van der Waals surface area contributed by atoms with Gasteiger partial charge in [0.2, 0.25) is 5.91 Å². The van der Waals surface area contributed by atoms with Crippen molar-refractivity contribution in [1.82, 2.24) is 0 Å². The van der Waals surface area contributed by atoms with Crippen LogP contribution in [-0.2, 0) is 4.79 Å². The Morgan fingerprint density at radius 1 is 1.29 bits per heavy atom. The molecule has 1 saturated carbocycles. The van der Waals surface area contributed by atoms with Crippen molar-refractivity contribution in [3.05, 3.63) is 57.7 Å². The SMILES string of the molecule is N#CC1=C(N)N=C(SCC(=O)c2cc3ccccc3oc2=O)C(C(N)=O)C12CCCC2. The third-order valence-electron chi connectivity index (χ3n) is 5.97. The highest BCUT2D eigenvalue weighted by atomic mass is 32.2. The largest absolute Gasteiger partial charge is 0.422 e. The Labute approximate surface area is 182 Å². The lowest BCUT2D eigenvalue weighted by atomic mass is 9.67. The molecular weight excluding hydrogens is 416 g/mol. The number of Topliss-reactive ketones (excluding diaryl/α,β-unsaturated/α-hetero) is 1. The summed E-state index contributed by atoms with van der Waals surface area (Å²) in [7, 11) is 0. The van der Waals surface area contributed by atoms with Crippen LogP contribution in [0.1, 0.15) is 36.0 Å². The van der Waals surface area contributed by atoms with E-state index in [0.717, 1.165) is 24.6 Å². The lowest BCUT2D eigenvalue weighted by Gasteiger charge is -2.38. The minimum absolute atomic E-state index is 0.0575. The van der Waals surface area contributed by atoms with Crippen LogP contribution < -0.4 is 17.1 Å². The van der Waals surface area contributed by atoms with E-state index < -0.39 is 28.6 Å². The van der Waals surface area contributed by atoms with Gasteiger partial charge >= 0.3 is 5.63 Å². The predicted molar refractivity (Wildman–Crippen MR) is 117 cm³/mol. The monoisotopic (exact) mass is 436 g/mol. The van der Waals surface area contributed by atoms with Gasteiger partial charge in [-0.15, -0.1) is 11.8 Å². The van der Waals surface area contributed by atoms with Crippen molar-refractivity contribution in [1.29, 1.82) is 5.26 Å². The zero-order valence-corrected chi connectivity index (χ0v) is 17.4. The Morgan fingerprint density at radius 3 is 2.68 bits per heavy atom. The van der Waals surface area contributed by atoms with Gasteiger partial charge in [0.25, 0.3) is 0 Å². The lowest BCUT2D eigenvalue weighted by Crippen LogP contribution is -2.46. The summed E-state index contributed by atoms with van der Waals surface area (Å²) in [6.45, 7) is 0. The molecule has 1 fully saturated rings. The number of primary amides is 1. The first-order valence-corrected chi connectivity index (χ1v) is 10.8. The molecule has 31 heavy (non-hydrogen) atoms. The summed E-state index contributed by atoms with van der Waals surface area (Å²) in [5.74, 6) is -1.97. The van der Waals surface area contributed by atoms with Gasteiger partial charge in [0.15, 0.2) is 5.78 Å². The fourth-order valence-electron chi connectivity index (χ4n) is 4.57. The molecule has 0 radical (unpaired) electrons. The Morgan fingerprint density at radius 2 is 2.00 bits per heavy atom. The van der Waals surface area contributed by atoms with Crippen LogP contribution in [-0.4, -0.2) is 22.5 Å². The fraction of sp³-hybridized carbons (Fsp3) is 0.318. The summed E-state index contributed by atoms with van der Waals surface area (Å²) >= 11 is 1.02. The molecule has 2 heterocycles. The Hall–Kier alpha value is -3.38. The summed E-state index contributed by atoms with van der Waals surface area (Å²) in [4.78, 5) is 41.7. The molecule has 9 heteroatoms. The maximum Gasteiger partial charge on any atom is 0.347 e. The second kappa shape index (κ2) is 8.04. The van der Waals surface area contributed by atoms with Gasteiger partial charge in [-0.1, -0.05) is 31.0 Å². The summed E-state index contributed by atoms with van der Waals surface area (Å²) in [6, 6.07) is 10.5. The molecule has 1 unspecified atom stereocenters. The number of fused-ring (bicyclic) bond motifs is 1. The normalized spacial score (nSPS) is 20.0. The molecule has 1 aliphatic heterocycles. The highest BCUT2D eigenvalue weighted by Gasteiger charge is 2.52. The molecule has 1 aliphatic carbocycles. The Kier molecular flexibility index (Phi) is 5.41. The number of ketones is 1. The molecule has 4 rings (SSSR count). The van der Waals surface area contributed by atoms with Crippen molar-refractivity contribution in [3.63, 3.8) is 0 Å². The van der Waals surface area contributed by atoms with E-state index in [1.165, 1.54) is 6.07 Å². The van der Waals surface area contributed by atoms with Crippen molar-refractivity contribution >= 4 is 39.5 Å². The van der Waals surface area contributed by atoms with Crippen LogP contribution in [0.4, 0.5) is 0 Å².